The number of thioether (sulfide) groups is 1. The lowest BCUT2D eigenvalue weighted by atomic mass is 10.3. The van der Waals surface area contributed by atoms with Crippen molar-refractivity contribution in [2.24, 2.45) is 0 Å². The molecule has 0 aliphatic heterocycles. The number of carbonyl (C=O) groups is 1. The zero-order chi connectivity index (χ0) is 17.5. The maximum Gasteiger partial charge on any atom is 0.230 e. The Balaban J connectivity index is 1.40. The molecule has 3 aromatic heterocycles. The number of aromatic amines is 2. The molecular formula is C15H18N8OS. The average Bonchev–Trinajstić information content (AvgIpc) is 3.30. The van der Waals surface area contributed by atoms with Gasteiger partial charge in [0, 0.05) is 37.3 Å². The van der Waals surface area contributed by atoms with Gasteiger partial charge in [-0.3, -0.25) is 20.0 Å². The summed E-state index contributed by atoms with van der Waals surface area (Å²) in [6.45, 7) is 2.47. The van der Waals surface area contributed by atoms with E-state index >= 15 is 0 Å². The molecular weight excluding hydrogens is 340 g/mol. The summed E-state index contributed by atoms with van der Waals surface area (Å²) < 4.78 is 0. The first kappa shape index (κ1) is 17.1. The molecule has 0 fully saturated rings. The van der Waals surface area contributed by atoms with Gasteiger partial charge in [0.15, 0.2) is 5.82 Å². The smallest absolute Gasteiger partial charge is 0.230 e. The molecule has 0 aliphatic rings. The van der Waals surface area contributed by atoms with Gasteiger partial charge in [-0.15, -0.1) is 5.10 Å². The summed E-state index contributed by atoms with van der Waals surface area (Å²) in [5.74, 6) is 2.34. The second-order valence-corrected chi connectivity index (χ2v) is 6.10. The van der Waals surface area contributed by atoms with Crippen LogP contribution in [0.4, 0.5) is 0 Å². The lowest BCUT2D eigenvalue weighted by Gasteiger charge is -2.02. The lowest BCUT2D eigenvalue weighted by molar-refractivity contribution is -0.118. The van der Waals surface area contributed by atoms with Gasteiger partial charge in [-0.25, -0.2) is 9.97 Å². The van der Waals surface area contributed by atoms with Crippen LogP contribution in [-0.2, 0) is 17.6 Å². The molecule has 0 unspecified atom stereocenters. The van der Waals surface area contributed by atoms with Crippen molar-refractivity contribution in [3.8, 4) is 11.4 Å². The fraction of sp³-hybridized carbons (Fsp3) is 0.333. The maximum atomic E-state index is 11.9. The number of hydrogen-bond donors (Lipinski definition) is 3. The SMILES string of the molecule is CCc1nc(SCC(=O)NCCc2nc(-c3cccnc3)n[nH]2)n[nH]1. The van der Waals surface area contributed by atoms with Crippen LogP contribution in [0.15, 0.2) is 29.7 Å². The van der Waals surface area contributed by atoms with Gasteiger partial charge in [-0.2, -0.15) is 5.10 Å². The molecule has 1 amide bonds. The van der Waals surface area contributed by atoms with E-state index in [1.807, 2.05) is 19.1 Å². The third-order valence-corrected chi connectivity index (χ3v) is 4.16. The molecule has 0 bridgehead atoms. The first-order chi connectivity index (χ1) is 12.2. The van der Waals surface area contributed by atoms with Crippen molar-refractivity contribution in [2.75, 3.05) is 12.3 Å². The summed E-state index contributed by atoms with van der Waals surface area (Å²) in [4.78, 5) is 24.5. The molecule has 0 saturated heterocycles. The summed E-state index contributed by atoms with van der Waals surface area (Å²) in [5, 5.41) is 17.3. The average molecular weight is 358 g/mol. The number of nitrogens with one attached hydrogen (secondary N) is 3. The highest BCUT2D eigenvalue weighted by Gasteiger charge is 2.08. The van der Waals surface area contributed by atoms with Crippen LogP contribution in [0.5, 0.6) is 0 Å². The van der Waals surface area contributed by atoms with Crippen LogP contribution >= 0.6 is 11.8 Å². The molecule has 25 heavy (non-hydrogen) atoms. The van der Waals surface area contributed by atoms with E-state index in [0.29, 0.717) is 29.8 Å². The van der Waals surface area contributed by atoms with E-state index in [1.54, 1.807) is 12.4 Å². The van der Waals surface area contributed by atoms with E-state index in [1.165, 1.54) is 11.8 Å². The van der Waals surface area contributed by atoms with Gasteiger partial charge in [-0.1, -0.05) is 18.7 Å². The van der Waals surface area contributed by atoms with E-state index < -0.39 is 0 Å². The summed E-state index contributed by atoms with van der Waals surface area (Å²) in [6.07, 6.45) is 4.77. The molecule has 0 saturated carbocycles. The largest absolute Gasteiger partial charge is 0.355 e. The highest BCUT2D eigenvalue weighted by molar-refractivity contribution is 7.99. The topological polar surface area (TPSA) is 125 Å². The number of carbonyl (C=O) groups excluding carboxylic acids is 1. The summed E-state index contributed by atoms with van der Waals surface area (Å²) in [6, 6.07) is 3.73. The predicted molar refractivity (Wildman–Crippen MR) is 92.8 cm³/mol. The second kappa shape index (κ2) is 8.38. The monoisotopic (exact) mass is 358 g/mol. The maximum absolute atomic E-state index is 11.9. The summed E-state index contributed by atoms with van der Waals surface area (Å²) in [7, 11) is 0. The van der Waals surface area contributed by atoms with Crippen LogP contribution in [0.1, 0.15) is 18.6 Å². The molecule has 0 aromatic carbocycles. The number of H-pyrrole nitrogens is 2. The number of pyridine rings is 1. The number of aryl methyl sites for hydroxylation is 1. The van der Waals surface area contributed by atoms with Gasteiger partial charge in [0.2, 0.25) is 11.1 Å². The quantitative estimate of drug-likeness (QED) is 0.513. The normalized spacial score (nSPS) is 10.8. The minimum Gasteiger partial charge on any atom is -0.355 e. The minimum absolute atomic E-state index is 0.0696. The summed E-state index contributed by atoms with van der Waals surface area (Å²) >= 11 is 1.30. The van der Waals surface area contributed by atoms with E-state index in [2.05, 4.69) is 40.7 Å². The van der Waals surface area contributed by atoms with Gasteiger partial charge in [-0.05, 0) is 12.1 Å². The fourth-order valence-electron chi connectivity index (χ4n) is 2.03. The molecule has 9 nitrogen and oxygen atoms in total. The Labute approximate surface area is 148 Å². The molecule has 3 heterocycles. The highest BCUT2D eigenvalue weighted by atomic mass is 32.2. The van der Waals surface area contributed by atoms with E-state index in [4.69, 9.17) is 0 Å². The third kappa shape index (κ3) is 4.86. The molecule has 10 heteroatoms. The first-order valence-corrected chi connectivity index (χ1v) is 8.85. The Kier molecular flexibility index (Phi) is 5.73. The predicted octanol–water partition coefficient (Wildman–Crippen LogP) is 0.998. The van der Waals surface area contributed by atoms with Crippen LogP contribution in [0.3, 0.4) is 0 Å². The van der Waals surface area contributed by atoms with Crippen molar-refractivity contribution in [1.82, 2.24) is 40.7 Å². The molecule has 0 spiro atoms. The molecule has 3 rings (SSSR count). The van der Waals surface area contributed by atoms with Crippen molar-refractivity contribution in [3.63, 3.8) is 0 Å². The van der Waals surface area contributed by atoms with Gasteiger partial charge in [0.25, 0.3) is 0 Å². The zero-order valence-corrected chi connectivity index (χ0v) is 14.5. The molecule has 3 aromatic rings. The van der Waals surface area contributed by atoms with Crippen LogP contribution in [0, 0.1) is 0 Å². The molecule has 3 N–H and O–H groups in total. The summed E-state index contributed by atoms with van der Waals surface area (Å²) in [5.41, 5.74) is 0.850. The van der Waals surface area contributed by atoms with Crippen LogP contribution in [0.2, 0.25) is 0 Å². The zero-order valence-electron chi connectivity index (χ0n) is 13.7. The van der Waals surface area contributed by atoms with Crippen molar-refractivity contribution >= 4 is 17.7 Å². The Morgan fingerprint density at radius 1 is 1.24 bits per heavy atom. The minimum atomic E-state index is -0.0696. The molecule has 0 radical (unpaired) electrons. The van der Waals surface area contributed by atoms with Gasteiger partial charge in [0.05, 0.1) is 5.75 Å². The van der Waals surface area contributed by atoms with E-state index in [0.717, 1.165) is 17.8 Å². The van der Waals surface area contributed by atoms with Crippen LogP contribution < -0.4 is 5.32 Å². The third-order valence-electron chi connectivity index (χ3n) is 3.31. The Morgan fingerprint density at radius 3 is 2.88 bits per heavy atom. The number of aromatic nitrogens is 7. The lowest BCUT2D eigenvalue weighted by Crippen LogP contribution is -2.27. The number of hydrogen-bond acceptors (Lipinski definition) is 7. The number of nitrogens with zero attached hydrogens (tertiary/aromatic N) is 5. The number of amides is 1. The number of rotatable bonds is 8. The Bertz CT molecular complexity index is 816. The van der Waals surface area contributed by atoms with E-state index in [-0.39, 0.29) is 11.7 Å². The second-order valence-electron chi connectivity index (χ2n) is 5.15. The molecule has 0 aliphatic carbocycles. The fourth-order valence-corrected chi connectivity index (χ4v) is 2.68. The van der Waals surface area contributed by atoms with Crippen molar-refractivity contribution in [3.05, 3.63) is 36.2 Å². The first-order valence-electron chi connectivity index (χ1n) is 7.87. The Morgan fingerprint density at radius 2 is 2.12 bits per heavy atom. The van der Waals surface area contributed by atoms with E-state index in [9.17, 15) is 4.79 Å². The van der Waals surface area contributed by atoms with Crippen molar-refractivity contribution in [2.45, 2.75) is 24.9 Å². The highest BCUT2D eigenvalue weighted by Crippen LogP contribution is 2.13. The molecule has 0 atom stereocenters. The van der Waals surface area contributed by atoms with Crippen molar-refractivity contribution in [1.29, 1.82) is 0 Å². The van der Waals surface area contributed by atoms with Crippen LogP contribution in [0.25, 0.3) is 11.4 Å². The van der Waals surface area contributed by atoms with Crippen molar-refractivity contribution < 1.29 is 4.79 Å². The molecule has 130 valence electrons. The standard InChI is InChI=1S/C15H18N8OS/c1-2-11-19-15(23-20-11)25-9-13(24)17-7-5-12-18-14(22-21-12)10-4-3-6-16-8-10/h3-4,6,8H,2,5,7,9H2,1H3,(H,17,24)(H,18,21,22)(H,19,20,23). The van der Waals surface area contributed by atoms with Gasteiger partial charge in [0.1, 0.15) is 11.6 Å². The van der Waals surface area contributed by atoms with Gasteiger partial charge >= 0.3 is 0 Å². The van der Waals surface area contributed by atoms with Gasteiger partial charge < -0.3 is 5.32 Å². The Hall–Kier alpha value is -2.75. The van der Waals surface area contributed by atoms with Crippen LogP contribution in [-0.4, -0.2) is 53.6 Å².